The Hall–Kier alpha value is -1.61. The second-order valence-corrected chi connectivity index (χ2v) is 19.4. The number of aliphatic hydroxyl groups is 1. The number of esters is 1. The standard InChI is InChI=1S/C40H64F3NO5/c1-24(2)25-12-17-39(20-21-44-33(48)40(41,42)43)19-18-37(8)26(32(25)39)10-11-28-36(7)15-14-29(35(5,6)27(36)13-16-38(28,37)9)49-31(47)23-34(3,4)22-30(45)46/h25-29,32-33,44,48H,1,10-23H2,2-9H3,(H,45,46)/t25-,26+,27-,28+,29-,32+,33?,36-,37+,38+,39+/m0/s1. The Morgan fingerprint density at radius 1 is 0.898 bits per heavy atom. The number of carboxylic acid groups (broad SMARTS) is 1. The highest BCUT2D eigenvalue weighted by molar-refractivity contribution is 5.73. The number of fused-ring (bicyclic) bond motifs is 7. The molecule has 5 aliphatic rings. The summed E-state index contributed by atoms with van der Waals surface area (Å²) in [5.41, 5.74) is 0.565. The van der Waals surface area contributed by atoms with Crippen LogP contribution in [0.4, 0.5) is 13.2 Å². The van der Waals surface area contributed by atoms with Crippen LogP contribution in [-0.2, 0) is 14.3 Å². The number of carbonyl (C=O) groups excluding carboxylic acids is 1. The number of ether oxygens (including phenoxy) is 1. The van der Waals surface area contributed by atoms with Gasteiger partial charge in [0.2, 0.25) is 6.23 Å². The average Bonchev–Trinajstić information content (AvgIpc) is 3.33. The molecule has 9 heteroatoms. The zero-order valence-electron chi connectivity index (χ0n) is 31.4. The normalized spacial score (nSPS) is 42.2. The summed E-state index contributed by atoms with van der Waals surface area (Å²) in [5, 5.41) is 21.4. The zero-order chi connectivity index (χ0) is 36.6. The highest BCUT2D eigenvalue weighted by Crippen LogP contribution is 2.78. The van der Waals surface area contributed by atoms with Gasteiger partial charge in [-0.3, -0.25) is 14.9 Å². The van der Waals surface area contributed by atoms with E-state index in [2.05, 4.69) is 53.4 Å². The van der Waals surface area contributed by atoms with Crippen molar-refractivity contribution in [1.82, 2.24) is 5.32 Å². The van der Waals surface area contributed by atoms with E-state index in [0.717, 1.165) is 64.2 Å². The average molecular weight is 696 g/mol. The number of carbonyl (C=O) groups is 2. The Morgan fingerprint density at radius 2 is 1.57 bits per heavy atom. The predicted octanol–water partition coefficient (Wildman–Crippen LogP) is 9.31. The number of halogens is 3. The quantitative estimate of drug-likeness (QED) is 0.120. The molecule has 49 heavy (non-hydrogen) atoms. The fourth-order valence-electron chi connectivity index (χ4n) is 13.5. The Kier molecular flexibility index (Phi) is 10.1. The van der Waals surface area contributed by atoms with E-state index in [1.165, 1.54) is 5.57 Å². The lowest BCUT2D eigenvalue weighted by molar-refractivity contribution is -0.250. The molecule has 5 rings (SSSR count). The predicted molar refractivity (Wildman–Crippen MR) is 184 cm³/mol. The fourth-order valence-corrected chi connectivity index (χ4v) is 13.5. The summed E-state index contributed by atoms with van der Waals surface area (Å²) in [6.45, 7) is 22.5. The molecule has 0 aromatic rings. The molecule has 0 radical (unpaired) electrons. The van der Waals surface area contributed by atoms with E-state index in [-0.39, 0.29) is 58.5 Å². The number of hydrogen-bond donors (Lipinski definition) is 3. The lowest BCUT2D eigenvalue weighted by atomic mass is 9.32. The minimum absolute atomic E-state index is 0.0423. The Labute approximate surface area is 292 Å². The molecular formula is C40H64F3NO5. The van der Waals surface area contributed by atoms with Crippen molar-refractivity contribution in [2.45, 2.75) is 157 Å². The summed E-state index contributed by atoms with van der Waals surface area (Å²) in [5.74, 6) is 0.914. The molecule has 11 atom stereocenters. The van der Waals surface area contributed by atoms with E-state index >= 15 is 0 Å². The van der Waals surface area contributed by atoms with E-state index in [9.17, 15) is 33.0 Å². The summed E-state index contributed by atoms with van der Waals surface area (Å²) in [7, 11) is 0. The molecule has 3 N–H and O–H groups in total. The van der Waals surface area contributed by atoms with Gasteiger partial charge in [-0.15, -0.1) is 0 Å². The molecule has 0 aliphatic heterocycles. The van der Waals surface area contributed by atoms with Crippen LogP contribution < -0.4 is 5.32 Å². The fraction of sp³-hybridized carbons (Fsp3) is 0.900. The summed E-state index contributed by atoms with van der Waals surface area (Å²) < 4.78 is 45.6. The first-order valence-corrected chi connectivity index (χ1v) is 19.0. The van der Waals surface area contributed by atoms with Gasteiger partial charge in [0, 0.05) is 5.41 Å². The van der Waals surface area contributed by atoms with Crippen molar-refractivity contribution in [1.29, 1.82) is 0 Å². The molecule has 1 unspecified atom stereocenters. The highest BCUT2D eigenvalue weighted by Gasteiger charge is 2.71. The second-order valence-electron chi connectivity index (χ2n) is 19.4. The van der Waals surface area contributed by atoms with Crippen LogP contribution in [0.1, 0.15) is 139 Å². The number of aliphatic carboxylic acids is 1. The van der Waals surface area contributed by atoms with Gasteiger partial charge in [0.25, 0.3) is 0 Å². The molecule has 0 aromatic heterocycles. The topological polar surface area (TPSA) is 95.9 Å². The first kappa shape index (κ1) is 38.6. The maximum Gasteiger partial charge on any atom is 0.427 e. The number of hydrogen-bond acceptors (Lipinski definition) is 5. The highest BCUT2D eigenvalue weighted by atomic mass is 19.4. The van der Waals surface area contributed by atoms with Gasteiger partial charge in [-0.25, -0.2) is 0 Å². The first-order chi connectivity index (χ1) is 22.4. The molecule has 280 valence electrons. The van der Waals surface area contributed by atoms with Crippen LogP contribution in [0, 0.1) is 62.1 Å². The number of carboxylic acids is 1. The van der Waals surface area contributed by atoms with Crippen molar-refractivity contribution in [3.8, 4) is 0 Å². The second kappa shape index (κ2) is 12.8. The number of rotatable bonds is 10. The number of alkyl halides is 3. The summed E-state index contributed by atoms with van der Waals surface area (Å²) in [4.78, 5) is 24.5. The molecule has 0 bridgehead atoms. The van der Waals surface area contributed by atoms with Crippen LogP contribution in [0.25, 0.3) is 0 Å². The third-order valence-electron chi connectivity index (χ3n) is 16.0. The molecule has 5 saturated carbocycles. The van der Waals surface area contributed by atoms with Crippen LogP contribution in [0.15, 0.2) is 12.2 Å². The minimum Gasteiger partial charge on any atom is -0.481 e. The van der Waals surface area contributed by atoms with E-state index < -0.39 is 23.8 Å². The largest absolute Gasteiger partial charge is 0.481 e. The van der Waals surface area contributed by atoms with Crippen molar-refractivity contribution in [2.24, 2.45) is 62.1 Å². The molecular weight excluding hydrogens is 631 g/mol. The summed E-state index contributed by atoms with van der Waals surface area (Å²) in [6, 6.07) is 0. The molecule has 5 fully saturated rings. The van der Waals surface area contributed by atoms with Crippen LogP contribution in [-0.4, -0.2) is 47.2 Å². The van der Waals surface area contributed by atoms with Gasteiger partial charge in [0.15, 0.2) is 0 Å². The van der Waals surface area contributed by atoms with Gasteiger partial charge in [-0.05, 0) is 141 Å². The summed E-state index contributed by atoms with van der Waals surface area (Å²) >= 11 is 0. The van der Waals surface area contributed by atoms with E-state index in [1.807, 2.05) is 0 Å². The molecule has 0 spiro atoms. The van der Waals surface area contributed by atoms with Gasteiger partial charge in [0.1, 0.15) is 6.10 Å². The molecule has 0 saturated heterocycles. The zero-order valence-corrected chi connectivity index (χ0v) is 31.4. The molecule has 0 heterocycles. The van der Waals surface area contributed by atoms with Crippen molar-refractivity contribution < 1.29 is 37.7 Å². The number of aliphatic hydroxyl groups excluding tert-OH is 1. The Balaban J connectivity index is 1.36. The molecule has 0 amide bonds. The lowest BCUT2D eigenvalue weighted by Crippen LogP contribution is -2.66. The van der Waals surface area contributed by atoms with Gasteiger partial charge in [0.05, 0.1) is 12.8 Å². The summed E-state index contributed by atoms with van der Waals surface area (Å²) in [6.07, 6.45) is 3.62. The van der Waals surface area contributed by atoms with Crippen LogP contribution in [0.3, 0.4) is 0 Å². The van der Waals surface area contributed by atoms with Crippen molar-refractivity contribution in [2.75, 3.05) is 6.54 Å². The van der Waals surface area contributed by atoms with E-state index in [0.29, 0.717) is 36.0 Å². The Morgan fingerprint density at radius 3 is 2.18 bits per heavy atom. The van der Waals surface area contributed by atoms with E-state index in [4.69, 9.17) is 4.74 Å². The van der Waals surface area contributed by atoms with Crippen LogP contribution >= 0.6 is 0 Å². The van der Waals surface area contributed by atoms with Crippen molar-refractivity contribution in [3.63, 3.8) is 0 Å². The molecule has 6 nitrogen and oxygen atoms in total. The smallest absolute Gasteiger partial charge is 0.427 e. The van der Waals surface area contributed by atoms with Crippen molar-refractivity contribution in [3.05, 3.63) is 12.2 Å². The number of allylic oxidation sites excluding steroid dienone is 1. The molecule has 0 aromatic carbocycles. The van der Waals surface area contributed by atoms with Gasteiger partial charge >= 0.3 is 18.1 Å². The third kappa shape index (κ3) is 6.52. The van der Waals surface area contributed by atoms with Gasteiger partial charge < -0.3 is 14.9 Å². The maximum atomic E-state index is 13.2. The minimum atomic E-state index is -4.67. The number of nitrogens with one attached hydrogen (secondary N) is 1. The van der Waals surface area contributed by atoms with Gasteiger partial charge in [-0.1, -0.05) is 60.6 Å². The third-order valence-corrected chi connectivity index (χ3v) is 16.0. The van der Waals surface area contributed by atoms with Gasteiger partial charge in [-0.2, -0.15) is 13.2 Å². The van der Waals surface area contributed by atoms with Crippen LogP contribution in [0.5, 0.6) is 0 Å². The Bertz CT molecular complexity index is 1300. The lowest BCUT2D eigenvalue weighted by Gasteiger charge is -2.73. The van der Waals surface area contributed by atoms with Crippen LogP contribution in [0.2, 0.25) is 0 Å². The van der Waals surface area contributed by atoms with Crippen molar-refractivity contribution >= 4 is 11.9 Å². The monoisotopic (exact) mass is 695 g/mol. The van der Waals surface area contributed by atoms with E-state index in [1.54, 1.807) is 13.8 Å². The maximum absolute atomic E-state index is 13.2. The SMILES string of the molecule is C=C(C)[C@@H]1CC[C@]2(CCNC(O)C(F)(F)F)CC[C@]3(C)[C@H](CC[C@@H]4[C@@]5(C)CC[C@H](OC(=O)CC(C)(C)CC(=O)O)C(C)(C)[C@@H]5CC[C@]43C)[C@@H]12. The molecule has 5 aliphatic carbocycles. The first-order valence-electron chi connectivity index (χ1n) is 19.0.